The number of aliphatic hydroxyl groups is 1. The summed E-state index contributed by atoms with van der Waals surface area (Å²) in [5, 5.41) is 16.6. The van der Waals surface area contributed by atoms with E-state index in [1.807, 2.05) is 0 Å². The van der Waals surface area contributed by atoms with E-state index in [2.05, 4.69) is 10.2 Å². The summed E-state index contributed by atoms with van der Waals surface area (Å²) in [4.78, 5) is -0.506. The van der Waals surface area contributed by atoms with E-state index in [9.17, 15) is 31.1 Å². The van der Waals surface area contributed by atoms with Crippen molar-refractivity contribution in [3.63, 3.8) is 0 Å². The van der Waals surface area contributed by atoms with Gasteiger partial charge in [0.25, 0.3) is 22.9 Å². The van der Waals surface area contributed by atoms with Crippen LogP contribution in [0.15, 0.2) is 16.2 Å². The van der Waals surface area contributed by atoms with Crippen LogP contribution in [0.25, 0.3) is 0 Å². The van der Waals surface area contributed by atoms with Crippen LogP contribution in [0.4, 0.5) is 17.6 Å². The number of hydrazone groups is 1. The van der Waals surface area contributed by atoms with E-state index in [0.717, 1.165) is 10.9 Å². The number of aryl methyl sites for hydroxylation is 2. The van der Waals surface area contributed by atoms with Gasteiger partial charge in [0, 0.05) is 19.7 Å². The molecular weight excluding hydrogens is 332 g/mol. The highest BCUT2D eigenvalue weighted by Gasteiger charge is 2.56. The zero-order valence-electron chi connectivity index (χ0n) is 11.4. The molecule has 0 radical (unpaired) electrons. The summed E-state index contributed by atoms with van der Waals surface area (Å²) in [5.74, 6) is 0. The highest BCUT2D eigenvalue weighted by molar-refractivity contribution is 7.89. The first-order chi connectivity index (χ1) is 10.00. The maximum Gasteiger partial charge on any atom is 0.288 e. The Labute approximate surface area is 122 Å². The summed E-state index contributed by atoms with van der Waals surface area (Å²) >= 11 is 0. The van der Waals surface area contributed by atoms with E-state index < -0.39 is 45.6 Å². The largest absolute Gasteiger partial charge is 0.364 e. The SMILES string of the molecule is Cc1nn(C)cc1S(=O)(=O)N1N=C(C(F)F)C[C@]1(O)C(F)F. The second-order valence-corrected chi connectivity index (χ2v) is 6.48. The van der Waals surface area contributed by atoms with Crippen molar-refractivity contribution in [2.24, 2.45) is 12.1 Å². The third-order valence-corrected chi connectivity index (χ3v) is 4.88. The van der Waals surface area contributed by atoms with Gasteiger partial charge in [-0.2, -0.15) is 18.6 Å². The van der Waals surface area contributed by atoms with Gasteiger partial charge in [-0.3, -0.25) is 4.68 Å². The molecule has 0 unspecified atom stereocenters. The maximum atomic E-state index is 13.1. The standard InChI is InChI=1S/C10H12F4N4O3S/c1-5-7(4-17(2)15-5)22(20,21)18-10(19,9(13)14)3-6(16-18)8(11)12/h4,8-9,19H,3H2,1-2H3/t10-/m0/s1. The third kappa shape index (κ3) is 2.45. The monoisotopic (exact) mass is 344 g/mol. The van der Waals surface area contributed by atoms with E-state index >= 15 is 0 Å². The summed E-state index contributed by atoms with van der Waals surface area (Å²) < 4.78 is 77.0. The van der Waals surface area contributed by atoms with Crippen molar-refractivity contribution in [1.82, 2.24) is 14.2 Å². The molecule has 0 bridgehead atoms. The summed E-state index contributed by atoms with van der Waals surface area (Å²) in [7, 11) is -3.38. The van der Waals surface area contributed by atoms with Crippen molar-refractivity contribution < 1.29 is 31.1 Å². The molecule has 7 nitrogen and oxygen atoms in total. The van der Waals surface area contributed by atoms with E-state index in [4.69, 9.17) is 0 Å². The van der Waals surface area contributed by atoms with E-state index in [0.29, 0.717) is 0 Å². The highest BCUT2D eigenvalue weighted by atomic mass is 32.2. The number of rotatable bonds is 4. The molecular formula is C10H12F4N4O3S. The van der Waals surface area contributed by atoms with Gasteiger partial charge in [0.15, 0.2) is 0 Å². The third-order valence-electron chi connectivity index (χ3n) is 3.07. The van der Waals surface area contributed by atoms with Gasteiger partial charge in [0.05, 0.1) is 5.69 Å². The first-order valence-corrected chi connectivity index (χ1v) is 7.36. The molecule has 0 fully saturated rings. The topological polar surface area (TPSA) is 87.8 Å². The fourth-order valence-corrected chi connectivity index (χ4v) is 3.70. The smallest absolute Gasteiger partial charge is 0.288 e. The van der Waals surface area contributed by atoms with Gasteiger partial charge in [-0.25, -0.2) is 17.6 Å². The molecule has 1 aliphatic rings. The zero-order chi connectivity index (χ0) is 16.9. The summed E-state index contributed by atoms with van der Waals surface area (Å²) in [6.45, 7) is 1.29. The van der Waals surface area contributed by atoms with Crippen molar-refractivity contribution in [1.29, 1.82) is 0 Å². The van der Waals surface area contributed by atoms with Gasteiger partial charge in [-0.15, -0.1) is 4.41 Å². The minimum atomic E-state index is -4.77. The molecule has 1 aromatic rings. The molecule has 1 aromatic heterocycles. The van der Waals surface area contributed by atoms with Gasteiger partial charge in [-0.05, 0) is 6.92 Å². The van der Waals surface area contributed by atoms with Gasteiger partial charge in [0.2, 0.25) is 5.72 Å². The average molecular weight is 344 g/mol. The molecule has 0 aromatic carbocycles. The Hall–Kier alpha value is -1.69. The van der Waals surface area contributed by atoms with Crippen LogP contribution < -0.4 is 0 Å². The minimum Gasteiger partial charge on any atom is -0.364 e. The van der Waals surface area contributed by atoms with E-state index in [-0.39, 0.29) is 10.1 Å². The number of sulfonamides is 1. The molecule has 0 spiro atoms. The fraction of sp³-hybridized carbons (Fsp3) is 0.600. The quantitative estimate of drug-likeness (QED) is 0.815. The maximum absolute atomic E-state index is 13.1. The number of aromatic nitrogens is 2. The Morgan fingerprint density at radius 1 is 1.36 bits per heavy atom. The molecule has 0 saturated heterocycles. The lowest BCUT2D eigenvalue weighted by Crippen LogP contribution is -2.51. The van der Waals surface area contributed by atoms with Gasteiger partial charge < -0.3 is 5.11 Å². The summed E-state index contributed by atoms with van der Waals surface area (Å²) in [5.41, 5.74) is -4.53. The zero-order valence-corrected chi connectivity index (χ0v) is 12.2. The molecule has 0 amide bonds. The number of hydrogen-bond acceptors (Lipinski definition) is 5. The predicted octanol–water partition coefficient (Wildman–Crippen LogP) is 0.698. The molecule has 0 saturated carbocycles. The van der Waals surface area contributed by atoms with Crippen LogP contribution in [0.2, 0.25) is 0 Å². The first-order valence-electron chi connectivity index (χ1n) is 5.92. The van der Waals surface area contributed by atoms with Crippen LogP contribution in [-0.2, 0) is 17.1 Å². The van der Waals surface area contributed by atoms with Crippen LogP contribution in [0.3, 0.4) is 0 Å². The summed E-state index contributed by atoms with van der Waals surface area (Å²) in [6, 6.07) is 0. The Bertz CT molecular complexity index is 718. The van der Waals surface area contributed by atoms with E-state index in [1.54, 1.807) is 0 Å². The van der Waals surface area contributed by atoms with Crippen molar-refractivity contribution in [3.8, 4) is 0 Å². The number of nitrogens with zero attached hydrogens (tertiary/aromatic N) is 4. The Morgan fingerprint density at radius 3 is 2.36 bits per heavy atom. The van der Waals surface area contributed by atoms with Crippen molar-refractivity contribution in [2.45, 2.75) is 36.8 Å². The molecule has 2 rings (SSSR count). The van der Waals surface area contributed by atoms with Crippen molar-refractivity contribution in [3.05, 3.63) is 11.9 Å². The average Bonchev–Trinajstić information content (AvgIpc) is 2.91. The van der Waals surface area contributed by atoms with Crippen LogP contribution in [0.5, 0.6) is 0 Å². The highest BCUT2D eigenvalue weighted by Crippen LogP contribution is 2.37. The Balaban J connectivity index is 2.58. The number of halogens is 4. The van der Waals surface area contributed by atoms with Gasteiger partial charge in [0.1, 0.15) is 10.6 Å². The molecule has 0 aliphatic carbocycles. The van der Waals surface area contributed by atoms with Crippen molar-refractivity contribution in [2.75, 3.05) is 0 Å². The first kappa shape index (κ1) is 16.7. The molecule has 1 N–H and O–H groups in total. The molecule has 22 heavy (non-hydrogen) atoms. The lowest BCUT2D eigenvalue weighted by molar-refractivity contribution is -0.150. The van der Waals surface area contributed by atoms with Crippen LogP contribution in [0.1, 0.15) is 12.1 Å². The number of alkyl halides is 4. The second-order valence-electron chi connectivity index (χ2n) is 4.75. The Morgan fingerprint density at radius 2 is 1.95 bits per heavy atom. The lowest BCUT2D eigenvalue weighted by atomic mass is 10.1. The molecule has 124 valence electrons. The normalized spacial score (nSPS) is 22.8. The molecule has 1 atom stereocenters. The van der Waals surface area contributed by atoms with Crippen LogP contribution >= 0.6 is 0 Å². The molecule has 2 heterocycles. The van der Waals surface area contributed by atoms with Crippen LogP contribution in [-0.4, -0.2) is 52.0 Å². The summed E-state index contributed by atoms with van der Waals surface area (Å²) in [6.07, 6.45) is -7.16. The fourth-order valence-electron chi connectivity index (χ4n) is 2.04. The van der Waals surface area contributed by atoms with Crippen molar-refractivity contribution >= 4 is 15.7 Å². The molecule has 1 aliphatic heterocycles. The lowest BCUT2D eigenvalue weighted by Gasteiger charge is -2.30. The minimum absolute atomic E-state index is 0.0418. The molecule has 12 heteroatoms. The Kier molecular flexibility index (Phi) is 3.94. The number of hydrogen-bond donors (Lipinski definition) is 1. The van der Waals surface area contributed by atoms with Crippen LogP contribution in [0, 0.1) is 6.92 Å². The van der Waals surface area contributed by atoms with Gasteiger partial charge in [-0.1, -0.05) is 0 Å². The second kappa shape index (κ2) is 5.19. The van der Waals surface area contributed by atoms with Gasteiger partial charge >= 0.3 is 0 Å². The van der Waals surface area contributed by atoms with E-state index in [1.165, 1.54) is 14.0 Å². The predicted molar refractivity (Wildman–Crippen MR) is 66.0 cm³/mol.